The third-order valence-electron chi connectivity index (χ3n) is 3.63. The molecular weight excluding hydrogens is 226 g/mol. The fourth-order valence-corrected chi connectivity index (χ4v) is 3.73. The second-order valence-corrected chi connectivity index (χ2v) is 6.27. The molecule has 2 rings (SSSR count). The molecule has 1 aliphatic carbocycles. The molecule has 2 N–H and O–H groups in total. The van der Waals surface area contributed by atoms with Crippen molar-refractivity contribution in [1.82, 2.24) is 0 Å². The molecule has 0 spiro atoms. The maximum Gasteiger partial charge on any atom is 0.0386 e. The molecule has 1 aliphatic rings. The van der Waals surface area contributed by atoms with Crippen molar-refractivity contribution in [1.29, 1.82) is 0 Å². The molecule has 17 heavy (non-hydrogen) atoms. The Labute approximate surface area is 109 Å². The molecule has 1 fully saturated rings. The molecule has 94 valence electrons. The number of rotatable bonds is 5. The van der Waals surface area contributed by atoms with Crippen LogP contribution in [0.1, 0.15) is 49.8 Å². The fourth-order valence-electron chi connectivity index (χ4n) is 2.39. The van der Waals surface area contributed by atoms with Gasteiger partial charge >= 0.3 is 0 Å². The Hall–Kier alpha value is -0.470. The highest BCUT2D eigenvalue weighted by molar-refractivity contribution is 7.99. The number of aryl methyl sites for hydroxylation is 1. The van der Waals surface area contributed by atoms with Crippen molar-refractivity contribution in [3.05, 3.63) is 35.4 Å². The van der Waals surface area contributed by atoms with Crippen molar-refractivity contribution in [3.63, 3.8) is 0 Å². The summed E-state index contributed by atoms with van der Waals surface area (Å²) in [5.74, 6) is 1.07. The summed E-state index contributed by atoms with van der Waals surface area (Å²) >= 11 is 2.07. The van der Waals surface area contributed by atoms with Gasteiger partial charge in [-0.3, -0.25) is 0 Å². The molecule has 2 heteroatoms. The quantitative estimate of drug-likeness (QED) is 0.856. The average Bonchev–Trinajstić information content (AvgIpc) is 2.89. The Bertz CT molecular complexity index is 327. The second-order valence-electron chi connectivity index (χ2n) is 4.94. The number of hydrogen-bond acceptors (Lipinski definition) is 2. The summed E-state index contributed by atoms with van der Waals surface area (Å²) in [6.45, 7) is 2.19. The van der Waals surface area contributed by atoms with Gasteiger partial charge in [-0.1, -0.05) is 44.0 Å². The first-order valence-electron chi connectivity index (χ1n) is 6.75. The summed E-state index contributed by atoms with van der Waals surface area (Å²) in [5, 5.41) is 0.871. The normalized spacial score (nSPS) is 18.5. The van der Waals surface area contributed by atoms with Gasteiger partial charge in [0, 0.05) is 17.0 Å². The average molecular weight is 249 g/mol. The molecule has 0 radical (unpaired) electrons. The second kappa shape index (κ2) is 6.46. The topological polar surface area (TPSA) is 26.0 Å². The van der Waals surface area contributed by atoms with Crippen LogP contribution in [-0.4, -0.2) is 11.0 Å². The van der Waals surface area contributed by atoms with Crippen LogP contribution < -0.4 is 5.73 Å². The summed E-state index contributed by atoms with van der Waals surface area (Å²) in [4.78, 5) is 0. The van der Waals surface area contributed by atoms with Gasteiger partial charge in [0.15, 0.2) is 0 Å². The van der Waals surface area contributed by atoms with E-state index in [1.807, 2.05) is 0 Å². The van der Waals surface area contributed by atoms with Crippen molar-refractivity contribution in [3.8, 4) is 0 Å². The summed E-state index contributed by atoms with van der Waals surface area (Å²) in [6.07, 6.45) is 6.72. The fraction of sp³-hybridized carbons (Fsp3) is 0.600. The number of hydrogen-bond donors (Lipinski definition) is 1. The van der Waals surface area contributed by atoms with Crippen LogP contribution >= 0.6 is 11.8 Å². The number of thioether (sulfide) groups is 1. The Balaban J connectivity index is 1.83. The molecule has 1 atom stereocenters. The van der Waals surface area contributed by atoms with Crippen LogP contribution in [-0.2, 0) is 6.42 Å². The molecule has 0 saturated heterocycles. The molecule has 1 saturated carbocycles. The Kier molecular flexibility index (Phi) is 4.93. The van der Waals surface area contributed by atoms with Crippen LogP contribution in [0.2, 0.25) is 0 Å². The third-order valence-corrected chi connectivity index (χ3v) is 5.12. The van der Waals surface area contributed by atoms with E-state index in [1.165, 1.54) is 36.8 Å². The third kappa shape index (κ3) is 3.75. The molecule has 1 aromatic rings. The van der Waals surface area contributed by atoms with Gasteiger partial charge in [0.1, 0.15) is 0 Å². The Morgan fingerprint density at radius 1 is 1.24 bits per heavy atom. The van der Waals surface area contributed by atoms with Crippen LogP contribution in [0.15, 0.2) is 24.3 Å². The lowest BCUT2D eigenvalue weighted by Gasteiger charge is -2.15. The van der Waals surface area contributed by atoms with Crippen LogP contribution in [0.3, 0.4) is 0 Å². The van der Waals surface area contributed by atoms with Gasteiger partial charge in [0.05, 0.1) is 0 Å². The molecule has 0 aliphatic heterocycles. The van der Waals surface area contributed by atoms with Gasteiger partial charge < -0.3 is 5.73 Å². The van der Waals surface area contributed by atoms with Gasteiger partial charge in [0.2, 0.25) is 0 Å². The van der Waals surface area contributed by atoms with Crippen LogP contribution in [0.5, 0.6) is 0 Å². The molecule has 0 bridgehead atoms. The summed E-state index contributed by atoms with van der Waals surface area (Å²) in [7, 11) is 0. The van der Waals surface area contributed by atoms with Crippen LogP contribution in [0.25, 0.3) is 0 Å². The molecule has 0 aromatic heterocycles. The Morgan fingerprint density at radius 2 is 1.88 bits per heavy atom. The standard InChI is InChI=1S/C15H23NS/c1-2-12-7-9-13(10-8-12)15(16)11-17-14-5-3-4-6-14/h7-10,14-15H,2-6,11,16H2,1H3. The van der Waals surface area contributed by atoms with E-state index in [9.17, 15) is 0 Å². The van der Waals surface area contributed by atoms with E-state index in [4.69, 9.17) is 5.73 Å². The first kappa shape index (κ1) is 13.0. The van der Waals surface area contributed by atoms with Crippen LogP contribution in [0, 0.1) is 0 Å². The smallest absolute Gasteiger partial charge is 0.0386 e. The van der Waals surface area contributed by atoms with Crippen molar-refractivity contribution in [2.45, 2.75) is 50.3 Å². The number of benzene rings is 1. The predicted molar refractivity (Wildman–Crippen MR) is 77.5 cm³/mol. The maximum atomic E-state index is 6.24. The van der Waals surface area contributed by atoms with Crippen molar-refractivity contribution >= 4 is 11.8 Å². The van der Waals surface area contributed by atoms with E-state index >= 15 is 0 Å². The predicted octanol–water partition coefficient (Wildman–Crippen LogP) is 3.92. The van der Waals surface area contributed by atoms with Gasteiger partial charge in [-0.15, -0.1) is 0 Å². The molecule has 1 nitrogen and oxygen atoms in total. The zero-order valence-corrected chi connectivity index (χ0v) is 11.5. The first-order chi connectivity index (χ1) is 8.29. The monoisotopic (exact) mass is 249 g/mol. The zero-order valence-electron chi connectivity index (χ0n) is 10.7. The molecular formula is C15H23NS. The highest BCUT2D eigenvalue weighted by atomic mass is 32.2. The van der Waals surface area contributed by atoms with E-state index in [-0.39, 0.29) is 6.04 Å². The lowest BCUT2D eigenvalue weighted by atomic mass is 10.1. The van der Waals surface area contributed by atoms with E-state index in [2.05, 4.69) is 43.0 Å². The van der Waals surface area contributed by atoms with E-state index < -0.39 is 0 Å². The summed E-state index contributed by atoms with van der Waals surface area (Å²) in [6, 6.07) is 8.99. The highest BCUT2D eigenvalue weighted by Gasteiger charge is 2.16. The minimum absolute atomic E-state index is 0.200. The van der Waals surface area contributed by atoms with E-state index in [0.717, 1.165) is 17.4 Å². The minimum Gasteiger partial charge on any atom is -0.323 e. The summed E-state index contributed by atoms with van der Waals surface area (Å²) < 4.78 is 0. The lowest BCUT2D eigenvalue weighted by molar-refractivity contribution is 0.819. The van der Waals surface area contributed by atoms with Gasteiger partial charge in [-0.25, -0.2) is 0 Å². The molecule has 1 aromatic carbocycles. The van der Waals surface area contributed by atoms with E-state index in [0.29, 0.717) is 0 Å². The maximum absolute atomic E-state index is 6.24. The summed E-state index contributed by atoms with van der Waals surface area (Å²) in [5.41, 5.74) is 8.92. The largest absolute Gasteiger partial charge is 0.323 e. The first-order valence-corrected chi connectivity index (χ1v) is 7.80. The molecule has 0 heterocycles. The molecule has 0 amide bonds. The van der Waals surface area contributed by atoms with Gasteiger partial charge in [-0.2, -0.15) is 11.8 Å². The highest BCUT2D eigenvalue weighted by Crippen LogP contribution is 2.31. The van der Waals surface area contributed by atoms with Crippen molar-refractivity contribution in [2.75, 3.05) is 5.75 Å². The molecule has 1 unspecified atom stereocenters. The lowest BCUT2D eigenvalue weighted by Crippen LogP contribution is -2.14. The van der Waals surface area contributed by atoms with Crippen molar-refractivity contribution in [2.24, 2.45) is 5.73 Å². The zero-order chi connectivity index (χ0) is 12.1. The van der Waals surface area contributed by atoms with Gasteiger partial charge in [-0.05, 0) is 30.4 Å². The SMILES string of the molecule is CCc1ccc(C(N)CSC2CCCC2)cc1. The number of nitrogens with two attached hydrogens (primary N) is 1. The van der Waals surface area contributed by atoms with Crippen LogP contribution in [0.4, 0.5) is 0 Å². The van der Waals surface area contributed by atoms with Crippen molar-refractivity contribution < 1.29 is 0 Å². The minimum atomic E-state index is 0.200. The van der Waals surface area contributed by atoms with E-state index in [1.54, 1.807) is 0 Å². The Morgan fingerprint density at radius 3 is 2.47 bits per heavy atom. The van der Waals surface area contributed by atoms with Gasteiger partial charge in [0.25, 0.3) is 0 Å².